The largest absolute Gasteiger partial charge is 0.461 e. The molecule has 1 aromatic rings. The second-order valence-electron chi connectivity index (χ2n) is 2.76. The van der Waals surface area contributed by atoms with E-state index in [1.54, 1.807) is 6.08 Å². The summed E-state index contributed by atoms with van der Waals surface area (Å²) in [5.41, 5.74) is 0.953. The van der Waals surface area contributed by atoms with Crippen molar-refractivity contribution in [3.8, 4) is 0 Å². The molecule has 0 aliphatic heterocycles. The van der Waals surface area contributed by atoms with Gasteiger partial charge >= 0.3 is 5.97 Å². The first kappa shape index (κ1) is 9.58. The quantitative estimate of drug-likeness (QED) is 0.515. The molecule has 0 radical (unpaired) electrons. The van der Waals surface area contributed by atoms with Gasteiger partial charge in [0.05, 0.1) is 6.42 Å². The molecule has 0 bridgehead atoms. The van der Waals surface area contributed by atoms with Crippen molar-refractivity contribution in [2.24, 2.45) is 7.05 Å². The van der Waals surface area contributed by atoms with E-state index in [9.17, 15) is 4.79 Å². The number of aryl methyl sites for hydroxylation is 1. The number of aromatic nitrogens is 1. The van der Waals surface area contributed by atoms with Crippen LogP contribution in [0.5, 0.6) is 0 Å². The molecule has 0 N–H and O–H groups in total. The number of hydrogen-bond acceptors (Lipinski definition) is 2. The smallest absolute Gasteiger partial charge is 0.312 e. The zero-order valence-corrected chi connectivity index (χ0v) is 7.69. The number of carbonyl (C=O) groups is 1. The highest BCUT2D eigenvalue weighted by molar-refractivity contribution is 5.72. The minimum absolute atomic E-state index is 0.221. The van der Waals surface area contributed by atoms with Gasteiger partial charge in [-0.15, -0.1) is 0 Å². The van der Waals surface area contributed by atoms with Crippen molar-refractivity contribution in [3.05, 3.63) is 36.7 Å². The molecule has 70 valence electrons. The second kappa shape index (κ2) is 4.50. The number of rotatable bonds is 4. The van der Waals surface area contributed by atoms with Gasteiger partial charge in [-0.2, -0.15) is 0 Å². The van der Waals surface area contributed by atoms with Crippen molar-refractivity contribution in [2.45, 2.75) is 6.42 Å². The summed E-state index contributed by atoms with van der Waals surface area (Å²) in [6, 6.07) is 3.80. The van der Waals surface area contributed by atoms with Crippen LogP contribution in [0.4, 0.5) is 0 Å². The van der Waals surface area contributed by atoms with Crippen molar-refractivity contribution in [3.63, 3.8) is 0 Å². The van der Waals surface area contributed by atoms with Crippen molar-refractivity contribution >= 4 is 5.97 Å². The Bertz CT molecular complexity index is 302. The highest BCUT2D eigenvalue weighted by atomic mass is 16.5. The molecule has 3 heteroatoms. The van der Waals surface area contributed by atoms with E-state index in [2.05, 4.69) is 6.58 Å². The summed E-state index contributed by atoms with van der Waals surface area (Å²) >= 11 is 0. The first-order chi connectivity index (χ1) is 6.24. The van der Waals surface area contributed by atoms with Gasteiger partial charge < -0.3 is 9.30 Å². The molecule has 3 nitrogen and oxygen atoms in total. The average molecular weight is 179 g/mol. The molecule has 0 fully saturated rings. The van der Waals surface area contributed by atoms with E-state index in [1.165, 1.54) is 0 Å². The van der Waals surface area contributed by atoms with E-state index < -0.39 is 0 Å². The Morgan fingerprint density at radius 1 is 1.77 bits per heavy atom. The summed E-state index contributed by atoms with van der Waals surface area (Å²) in [6.45, 7) is 3.75. The molecule has 1 aromatic heterocycles. The van der Waals surface area contributed by atoms with Crippen LogP contribution < -0.4 is 0 Å². The standard InChI is InChI=1S/C10H13NO2/c1-3-7-13-10(12)8-9-5-4-6-11(9)2/h3-6H,1,7-8H2,2H3. The molecular weight excluding hydrogens is 166 g/mol. The van der Waals surface area contributed by atoms with Gasteiger partial charge in [-0.25, -0.2) is 0 Å². The lowest BCUT2D eigenvalue weighted by atomic mass is 10.3. The molecule has 1 heterocycles. The molecule has 0 saturated carbocycles. The van der Waals surface area contributed by atoms with Gasteiger partial charge in [0, 0.05) is 18.9 Å². The van der Waals surface area contributed by atoms with E-state index in [0.29, 0.717) is 6.42 Å². The van der Waals surface area contributed by atoms with Crippen LogP contribution in [0.2, 0.25) is 0 Å². The maximum Gasteiger partial charge on any atom is 0.312 e. The Morgan fingerprint density at radius 3 is 3.08 bits per heavy atom. The molecular formula is C10H13NO2. The van der Waals surface area contributed by atoms with Gasteiger partial charge in [0.2, 0.25) is 0 Å². The van der Waals surface area contributed by atoms with Gasteiger partial charge in [-0.3, -0.25) is 4.79 Å². The summed E-state index contributed by atoms with van der Waals surface area (Å²) in [4.78, 5) is 11.1. The Morgan fingerprint density at radius 2 is 2.54 bits per heavy atom. The second-order valence-corrected chi connectivity index (χ2v) is 2.76. The number of ether oxygens (including phenoxy) is 1. The van der Waals surface area contributed by atoms with Gasteiger partial charge in [-0.05, 0) is 12.1 Å². The van der Waals surface area contributed by atoms with E-state index in [0.717, 1.165) is 5.69 Å². The SMILES string of the molecule is C=CCOC(=O)Cc1cccn1C. The molecule has 0 atom stereocenters. The number of esters is 1. The number of carbonyl (C=O) groups excluding carboxylic acids is 1. The van der Waals surface area contributed by atoms with Gasteiger partial charge in [0.15, 0.2) is 0 Å². The Hall–Kier alpha value is -1.51. The first-order valence-corrected chi connectivity index (χ1v) is 4.10. The van der Waals surface area contributed by atoms with Crippen LogP contribution in [-0.2, 0) is 23.0 Å². The topological polar surface area (TPSA) is 31.2 Å². The van der Waals surface area contributed by atoms with Gasteiger partial charge in [0.1, 0.15) is 6.61 Å². The molecule has 0 amide bonds. The monoisotopic (exact) mass is 179 g/mol. The van der Waals surface area contributed by atoms with Crippen LogP contribution in [0.15, 0.2) is 31.0 Å². The zero-order valence-electron chi connectivity index (χ0n) is 7.69. The van der Waals surface area contributed by atoms with Crippen LogP contribution in [0.1, 0.15) is 5.69 Å². The van der Waals surface area contributed by atoms with Crippen molar-refractivity contribution < 1.29 is 9.53 Å². The third-order valence-corrected chi connectivity index (χ3v) is 1.74. The fourth-order valence-electron chi connectivity index (χ4n) is 1.03. The summed E-state index contributed by atoms with van der Waals surface area (Å²) < 4.78 is 6.75. The third-order valence-electron chi connectivity index (χ3n) is 1.74. The van der Waals surface area contributed by atoms with Crippen LogP contribution in [0.25, 0.3) is 0 Å². The molecule has 0 spiro atoms. The lowest BCUT2D eigenvalue weighted by Crippen LogP contribution is -2.10. The van der Waals surface area contributed by atoms with E-state index in [1.807, 2.05) is 29.9 Å². The van der Waals surface area contributed by atoms with E-state index in [4.69, 9.17) is 4.74 Å². The first-order valence-electron chi connectivity index (χ1n) is 4.10. The van der Waals surface area contributed by atoms with Crippen LogP contribution in [0.3, 0.4) is 0 Å². The highest BCUT2D eigenvalue weighted by Gasteiger charge is 2.05. The van der Waals surface area contributed by atoms with E-state index in [-0.39, 0.29) is 12.6 Å². The molecule has 0 aliphatic carbocycles. The zero-order chi connectivity index (χ0) is 9.68. The molecule has 0 aliphatic rings. The Kier molecular flexibility index (Phi) is 3.31. The fraction of sp³-hybridized carbons (Fsp3) is 0.300. The normalized spacial score (nSPS) is 9.62. The van der Waals surface area contributed by atoms with Crippen LogP contribution >= 0.6 is 0 Å². The van der Waals surface area contributed by atoms with Crippen molar-refractivity contribution in [1.29, 1.82) is 0 Å². The number of nitrogens with zero attached hydrogens (tertiary/aromatic N) is 1. The summed E-state index contributed by atoms with van der Waals surface area (Å²) in [5, 5.41) is 0. The maximum atomic E-state index is 11.1. The summed E-state index contributed by atoms with van der Waals surface area (Å²) in [5.74, 6) is -0.221. The Balaban J connectivity index is 2.45. The predicted octanol–water partition coefficient (Wildman–Crippen LogP) is 1.30. The fourth-order valence-corrected chi connectivity index (χ4v) is 1.03. The molecule has 0 saturated heterocycles. The molecule has 0 aromatic carbocycles. The summed E-state index contributed by atoms with van der Waals surface area (Å²) in [7, 11) is 1.90. The summed E-state index contributed by atoms with van der Waals surface area (Å²) in [6.07, 6.45) is 3.77. The van der Waals surface area contributed by atoms with Crippen molar-refractivity contribution in [1.82, 2.24) is 4.57 Å². The molecule has 0 unspecified atom stereocenters. The van der Waals surface area contributed by atoms with Gasteiger partial charge in [0.25, 0.3) is 0 Å². The lowest BCUT2D eigenvalue weighted by Gasteiger charge is -2.02. The average Bonchev–Trinajstić information content (AvgIpc) is 2.48. The number of hydrogen-bond donors (Lipinski definition) is 0. The third kappa shape index (κ3) is 2.78. The predicted molar refractivity (Wildman–Crippen MR) is 50.3 cm³/mol. The lowest BCUT2D eigenvalue weighted by molar-refractivity contribution is -0.141. The highest BCUT2D eigenvalue weighted by Crippen LogP contribution is 2.01. The molecule has 13 heavy (non-hydrogen) atoms. The van der Waals surface area contributed by atoms with Gasteiger partial charge in [-0.1, -0.05) is 12.7 Å². The van der Waals surface area contributed by atoms with Crippen LogP contribution in [-0.4, -0.2) is 17.1 Å². The minimum atomic E-state index is -0.221. The van der Waals surface area contributed by atoms with E-state index >= 15 is 0 Å². The van der Waals surface area contributed by atoms with Crippen molar-refractivity contribution in [2.75, 3.05) is 6.61 Å². The van der Waals surface area contributed by atoms with Crippen LogP contribution in [0, 0.1) is 0 Å². The minimum Gasteiger partial charge on any atom is -0.461 e. The Labute approximate surface area is 77.6 Å². The maximum absolute atomic E-state index is 11.1. The molecule has 1 rings (SSSR count).